The lowest BCUT2D eigenvalue weighted by atomic mass is 9.87. The van der Waals surface area contributed by atoms with E-state index in [2.05, 4.69) is 27.6 Å². The van der Waals surface area contributed by atoms with Gasteiger partial charge in [-0.05, 0) is 61.6 Å². The van der Waals surface area contributed by atoms with E-state index in [9.17, 15) is 9.59 Å². The van der Waals surface area contributed by atoms with Gasteiger partial charge in [0, 0.05) is 31.2 Å². The Hall–Kier alpha value is -2.80. The number of anilines is 2. The smallest absolute Gasteiger partial charge is 0.237 e. The molecule has 3 heterocycles. The lowest BCUT2D eigenvalue weighted by Gasteiger charge is -2.36. The van der Waals surface area contributed by atoms with Crippen LogP contribution in [0.4, 0.5) is 11.5 Å². The minimum absolute atomic E-state index is 0.0530. The number of rotatable bonds is 4. The number of amides is 2. The molecule has 2 aliphatic rings. The Morgan fingerprint density at radius 1 is 1.06 bits per heavy atom. The van der Waals surface area contributed by atoms with E-state index in [4.69, 9.17) is 0 Å². The van der Waals surface area contributed by atoms with Crippen LogP contribution in [0.5, 0.6) is 0 Å². The number of aromatic nitrogens is 2. The molecular weight excluding hydrogens is 402 g/mol. The predicted octanol–water partition coefficient (Wildman–Crippen LogP) is 3.50. The van der Waals surface area contributed by atoms with E-state index < -0.39 is 0 Å². The van der Waals surface area contributed by atoms with Gasteiger partial charge in [-0.3, -0.25) is 14.5 Å². The Bertz CT molecular complexity index is 925. The van der Waals surface area contributed by atoms with Gasteiger partial charge in [-0.1, -0.05) is 32.9 Å². The average Bonchev–Trinajstić information content (AvgIpc) is 3.35. The van der Waals surface area contributed by atoms with Gasteiger partial charge in [-0.2, -0.15) is 5.10 Å². The lowest BCUT2D eigenvalue weighted by Crippen LogP contribution is -2.43. The van der Waals surface area contributed by atoms with Crippen LogP contribution in [0.25, 0.3) is 0 Å². The van der Waals surface area contributed by atoms with E-state index in [0.29, 0.717) is 18.3 Å². The van der Waals surface area contributed by atoms with Crippen LogP contribution in [0.1, 0.15) is 51.5 Å². The molecule has 0 spiro atoms. The number of nitrogens with one attached hydrogen (secondary N) is 1. The summed E-state index contributed by atoms with van der Waals surface area (Å²) in [4.78, 5) is 29.5. The highest BCUT2D eigenvalue weighted by Crippen LogP contribution is 2.33. The SMILES string of the molecule is CC(C)(C)C(=O)N1CCC(c2ccc(N(C(=O)[C@H]3CCNC3)c3cccnn3)cc2)CC1. The first-order chi connectivity index (χ1) is 15.3. The molecule has 32 heavy (non-hydrogen) atoms. The first-order valence-electron chi connectivity index (χ1n) is 11.6. The second-order valence-corrected chi connectivity index (χ2v) is 9.85. The summed E-state index contributed by atoms with van der Waals surface area (Å²) < 4.78 is 0. The molecule has 1 N–H and O–H groups in total. The fourth-order valence-electron chi connectivity index (χ4n) is 4.62. The quantitative estimate of drug-likeness (QED) is 0.795. The molecule has 0 radical (unpaired) electrons. The van der Waals surface area contributed by atoms with Crippen molar-refractivity contribution in [3.63, 3.8) is 0 Å². The van der Waals surface area contributed by atoms with E-state index in [1.165, 1.54) is 5.56 Å². The van der Waals surface area contributed by atoms with Gasteiger partial charge in [0.15, 0.2) is 5.82 Å². The largest absolute Gasteiger partial charge is 0.342 e. The molecule has 2 saturated heterocycles. The van der Waals surface area contributed by atoms with Gasteiger partial charge in [-0.15, -0.1) is 5.10 Å². The van der Waals surface area contributed by atoms with Gasteiger partial charge in [-0.25, -0.2) is 0 Å². The Morgan fingerprint density at radius 3 is 2.34 bits per heavy atom. The second-order valence-electron chi connectivity index (χ2n) is 9.85. The molecule has 1 aromatic carbocycles. The summed E-state index contributed by atoms with van der Waals surface area (Å²) in [6.45, 7) is 9.08. The third-order valence-corrected chi connectivity index (χ3v) is 6.46. The number of nitrogens with zero attached hydrogens (tertiary/aromatic N) is 4. The normalized spacial score (nSPS) is 19.7. The molecule has 2 amide bonds. The highest BCUT2D eigenvalue weighted by atomic mass is 16.2. The first kappa shape index (κ1) is 22.4. The molecular formula is C25H33N5O2. The zero-order valence-electron chi connectivity index (χ0n) is 19.3. The van der Waals surface area contributed by atoms with E-state index in [1.807, 2.05) is 43.9 Å². The van der Waals surface area contributed by atoms with Crippen LogP contribution >= 0.6 is 0 Å². The minimum Gasteiger partial charge on any atom is -0.342 e. The summed E-state index contributed by atoms with van der Waals surface area (Å²) >= 11 is 0. The van der Waals surface area contributed by atoms with Crippen molar-refractivity contribution in [3.8, 4) is 0 Å². The van der Waals surface area contributed by atoms with Gasteiger partial charge in [0.1, 0.15) is 0 Å². The van der Waals surface area contributed by atoms with Crippen LogP contribution in [0.2, 0.25) is 0 Å². The Kier molecular flexibility index (Phi) is 6.55. The fourth-order valence-corrected chi connectivity index (χ4v) is 4.62. The number of carbonyl (C=O) groups is 2. The number of carbonyl (C=O) groups excluding carboxylic acids is 2. The molecule has 2 aromatic rings. The molecule has 170 valence electrons. The van der Waals surface area contributed by atoms with E-state index >= 15 is 0 Å². The molecule has 0 bridgehead atoms. The highest BCUT2D eigenvalue weighted by molar-refractivity contribution is 6.01. The Morgan fingerprint density at radius 2 is 1.78 bits per heavy atom. The zero-order valence-corrected chi connectivity index (χ0v) is 19.3. The van der Waals surface area contributed by atoms with Crippen molar-refractivity contribution in [1.29, 1.82) is 0 Å². The van der Waals surface area contributed by atoms with Crippen molar-refractivity contribution in [2.45, 2.75) is 46.0 Å². The number of benzene rings is 1. The van der Waals surface area contributed by atoms with Gasteiger partial charge < -0.3 is 10.2 Å². The lowest BCUT2D eigenvalue weighted by molar-refractivity contribution is -0.140. The number of piperidine rings is 1. The average molecular weight is 436 g/mol. The van der Waals surface area contributed by atoms with Crippen LogP contribution in [0.15, 0.2) is 42.6 Å². The molecule has 0 aliphatic carbocycles. The fraction of sp³-hybridized carbons (Fsp3) is 0.520. The Balaban J connectivity index is 1.49. The molecule has 2 fully saturated rings. The van der Waals surface area contributed by atoms with Crippen molar-refractivity contribution >= 4 is 23.3 Å². The topological polar surface area (TPSA) is 78.4 Å². The van der Waals surface area contributed by atoms with Crippen molar-refractivity contribution in [2.24, 2.45) is 11.3 Å². The predicted molar refractivity (Wildman–Crippen MR) is 125 cm³/mol. The maximum absolute atomic E-state index is 13.3. The molecule has 0 unspecified atom stereocenters. The molecule has 2 aliphatic heterocycles. The van der Waals surface area contributed by atoms with Crippen LogP contribution in [-0.2, 0) is 9.59 Å². The summed E-state index contributed by atoms with van der Waals surface area (Å²) in [5.74, 6) is 1.20. The van der Waals surface area contributed by atoms with Gasteiger partial charge >= 0.3 is 0 Å². The van der Waals surface area contributed by atoms with Crippen molar-refractivity contribution < 1.29 is 9.59 Å². The zero-order chi connectivity index (χ0) is 22.7. The summed E-state index contributed by atoms with van der Waals surface area (Å²) in [6.07, 6.45) is 4.37. The van der Waals surface area contributed by atoms with Crippen molar-refractivity contribution in [1.82, 2.24) is 20.4 Å². The number of likely N-dealkylation sites (tertiary alicyclic amines) is 1. The van der Waals surface area contributed by atoms with Crippen molar-refractivity contribution in [3.05, 3.63) is 48.2 Å². The van der Waals surface area contributed by atoms with E-state index in [-0.39, 0.29) is 23.1 Å². The molecule has 1 atom stereocenters. The molecule has 7 heteroatoms. The van der Waals surface area contributed by atoms with Crippen LogP contribution < -0.4 is 10.2 Å². The number of hydrogen-bond donors (Lipinski definition) is 1. The van der Waals surface area contributed by atoms with Crippen LogP contribution in [0, 0.1) is 11.3 Å². The summed E-state index contributed by atoms with van der Waals surface area (Å²) in [6, 6.07) is 11.9. The highest BCUT2D eigenvalue weighted by Gasteiger charge is 2.32. The summed E-state index contributed by atoms with van der Waals surface area (Å²) in [5, 5.41) is 11.5. The van der Waals surface area contributed by atoms with Gasteiger partial charge in [0.2, 0.25) is 11.8 Å². The Labute approximate surface area is 190 Å². The third-order valence-electron chi connectivity index (χ3n) is 6.46. The van der Waals surface area contributed by atoms with E-state index in [0.717, 1.165) is 44.6 Å². The maximum Gasteiger partial charge on any atom is 0.237 e. The number of hydrogen-bond acceptors (Lipinski definition) is 5. The van der Waals surface area contributed by atoms with Crippen molar-refractivity contribution in [2.75, 3.05) is 31.1 Å². The van der Waals surface area contributed by atoms with Crippen LogP contribution in [-0.4, -0.2) is 53.1 Å². The molecule has 1 aromatic heterocycles. The second kappa shape index (κ2) is 9.36. The van der Waals surface area contributed by atoms with Crippen LogP contribution in [0.3, 0.4) is 0 Å². The summed E-state index contributed by atoms with van der Waals surface area (Å²) in [7, 11) is 0. The molecule has 4 rings (SSSR count). The summed E-state index contributed by atoms with van der Waals surface area (Å²) in [5.41, 5.74) is 1.73. The molecule has 0 saturated carbocycles. The van der Waals surface area contributed by atoms with Gasteiger partial charge in [0.05, 0.1) is 11.6 Å². The maximum atomic E-state index is 13.3. The monoisotopic (exact) mass is 435 g/mol. The third kappa shape index (κ3) is 4.83. The van der Waals surface area contributed by atoms with Gasteiger partial charge in [0.25, 0.3) is 0 Å². The minimum atomic E-state index is -0.334. The molecule has 7 nitrogen and oxygen atoms in total. The standard InChI is InChI=1S/C25H33N5O2/c1-25(2,3)24(32)29-15-11-19(12-16-29)18-6-8-21(9-7-18)30(22-5-4-13-27-28-22)23(31)20-10-14-26-17-20/h4-9,13,19-20,26H,10-12,14-17H2,1-3H3/t20-/m0/s1. The first-order valence-corrected chi connectivity index (χ1v) is 11.6. The van der Waals surface area contributed by atoms with E-state index in [1.54, 1.807) is 17.2 Å².